The Labute approximate surface area is 154 Å². The lowest BCUT2D eigenvalue weighted by Crippen LogP contribution is -2.40. The molecule has 0 aliphatic carbocycles. The van der Waals surface area contributed by atoms with E-state index in [2.05, 4.69) is 15.5 Å². The van der Waals surface area contributed by atoms with Gasteiger partial charge in [-0.25, -0.2) is 4.98 Å². The summed E-state index contributed by atoms with van der Waals surface area (Å²) < 4.78 is 43.3. The van der Waals surface area contributed by atoms with Crippen molar-refractivity contribution in [3.05, 3.63) is 35.7 Å². The number of aromatic nitrogens is 2. The number of anilines is 2. The highest BCUT2D eigenvalue weighted by molar-refractivity contribution is 5.96. The number of halogens is 3. The number of nitrogens with one attached hydrogen (secondary N) is 1. The number of carbonyl (C=O) groups excluding carboxylic acids is 1. The standard InChI is InChI=1S/C18H21F3N4O2/c1-17(2,3)13-9-15(27-24-13)23-16(26)12-5-4-8-25(12)14-7-6-11(10-22-14)18(19,20)21/h6-7,9-10,12H,4-5,8H2,1-3H3,(H,23,26). The molecule has 3 heterocycles. The number of amides is 1. The van der Waals surface area contributed by atoms with Gasteiger partial charge in [0.2, 0.25) is 11.8 Å². The SMILES string of the molecule is CC(C)(C)c1cc(NC(=O)C2CCCN2c2ccc(C(F)(F)F)cn2)on1. The Morgan fingerprint density at radius 3 is 2.59 bits per heavy atom. The molecule has 9 heteroatoms. The Morgan fingerprint density at radius 2 is 2.04 bits per heavy atom. The first kappa shape index (κ1) is 19.2. The molecule has 1 N–H and O–H groups in total. The third-order valence-electron chi connectivity index (χ3n) is 4.45. The average molecular weight is 382 g/mol. The number of alkyl halides is 3. The predicted octanol–water partition coefficient (Wildman–Crippen LogP) is 3.99. The normalized spacial score (nSPS) is 18.0. The zero-order valence-corrected chi connectivity index (χ0v) is 15.3. The van der Waals surface area contributed by atoms with Gasteiger partial charge in [-0.2, -0.15) is 13.2 Å². The van der Waals surface area contributed by atoms with Crippen LogP contribution in [0.1, 0.15) is 44.9 Å². The molecule has 2 aromatic heterocycles. The summed E-state index contributed by atoms with van der Waals surface area (Å²) in [5, 5.41) is 6.65. The summed E-state index contributed by atoms with van der Waals surface area (Å²) in [4.78, 5) is 18.2. The van der Waals surface area contributed by atoms with E-state index in [0.29, 0.717) is 24.5 Å². The fraction of sp³-hybridized carbons (Fsp3) is 0.500. The number of rotatable bonds is 3. The van der Waals surface area contributed by atoms with E-state index in [1.807, 2.05) is 20.8 Å². The molecule has 0 spiro atoms. The van der Waals surface area contributed by atoms with Crippen LogP contribution in [0, 0.1) is 0 Å². The largest absolute Gasteiger partial charge is 0.417 e. The van der Waals surface area contributed by atoms with E-state index in [9.17, 15) is 18.0 Å². The smallest absolute Gasteiger partial charge is 0.345 e. The van der Waals surface area contributed by atoms with Gasteiger partial charge < -0.3 is 9.42 Å². The maximum atomic E-state index is 12.7. The minimum absolute atomic E-state index is 0.212. The number of carbonyl (C=O) groups is 1. The number of hydrogen-bond donors (Lipinski definition) is 1. The van der Waals surface area contributed by atoms with Crippen molar-refractivity contribution in [2.75, 3.05) is 16.8 Å². The summed E-state index contributed by atoms with van der Waals surface area (Å²) in [6, 6.07) is 3.41. The third kappa shape index (κ3) is 4.23. The van der Waals surface area contributed by atoms with Gasteiger partial charge in [-0.3, -0.25) is 10.1 Å². The lowest BCUT2D eigenvalue weighted by atomic mass is 9.92. The van der Waals surface area contributed by atoms with Gasteiger partial charge >= 0.3 is 6.18 Å². The van der Waals surface area contributed by atoms with Crippen LogP contribution in [0.15, 0.2) is 28.9 Å². The summed E-state index contributed by atoms with van der Waals surface area (Å²) in [6.07, 6.45) is -2.34. The number of nitrogens with zero attached hydrogens (tertiary/aromatic N) is 3. The highest BCUT2D eigenvalue weighted by Crippen LogP contribution is 2.31. The van der Waals surface area contributed by atoms with Gasteiger partial charge in [0, 0.05) is 24.2 Å². The van der Waals surface area contributed by atoms with E-state index in [1.165, 1.54) is 6.07 Å². The zero-order valence-electron chi connectivity index (χ0n) is 15.3. The van der Waals surface area contributed by atoms with Gasteiger partial charge in [-0.05, 0) is 25.0 Å². The van der Waals surface area contributed by atoms with Crippen LogP contribution in [0.2, 0.25) is 0 Å². The molecule has 27 heavy (non-hydrogen) atoms. The Kier molecular flexibility index (Phi) is 4.88. The molecule has 3 rings (SSSR count). The van der Waals surface area contributed by atoms with Crippen LogP contribution in [0.4, 0.5) is 24.9 Å². The fourth-order valence-electron chi connectivity index (χ4n) is 2.93. The summed E-state index contributed by atoms with van der Waals surface area (Å²) in [5.41, 5.74) is -0.316. The fourth-order valence-corrected chi connectivity index (χ4v) is 2.93. The van der Waals surface area contributed by atoms with Crippen molar-refractivity contribution in [3.63, 3.8) is 0 Å². The van der Waals surface area contributed by atoms with Crippen molar-refractivity contribution in [1.29, 1.82) is 0 Å². The highest BCUT2D eigenvalue weighted by Gasteiger charge is 2.34. The molecule has 0 aromatic carbocycles. The van der Waals surface area contributed by atoms with E-state index in [4.69, 9.17) is 4.52 Å². The molecule has 1 aliphatic heterocycles. The lowest BCUT2D eigenvalue weighted by Gasteiger charge is -2.24. The maximum Gasteiger partial charge on any atom is 0.417 e. The minimum atomic E-state index is -4.44. The van der Waals surface area contributed by atoms with Crippen LogP contribution < -0.4 is 10.2 Å². The van der Waals surface area contributed by atoms with Gasteiger partial charge in [0.05, 0.1) is 11.3 Å². The topological polar surface area (TPSA) is 71.3 Å². The molecule has 1 atom stereocenters. The second-order valence-electron chi connectivity index (χ2n) is 7.57. The van der Waals surface area contributed by atoms with Gasteiger partial charge in [0.15, 0.2) is 0 Å². The van der Waals surface area contributed by atoms with E-state index in [1.54, 1.807) is 11.0 Å². The van der Waals surface area contributed by atoms with Crippen molar-refractivity contribution in [3.8, 4) is 0 Å². The molecule has 1 fully saturated rings. The van der Waals surface area contributed by atoms with Gasteiger partial charge in [0.1, 0.15) is 11.9 Å². The minimum Gasteiger partial charge on any atom is -0.345 e. The van der Waals surface area contributed by atoms with Crippen LogP contribution in [-0.4, -0.2) is 28.6 Å². The van der Waals surface area contributed by atoms with Gasteiger partial charge in [-0.15, -0.1) is 0 Å². The molecule has 1 saturated heterocycles. The Bertz CT molecular complexity index is 809. The second-order valence-corrected chi connectivity index (χ2v) is 7.57. The van der Waals surface area contributed by atoms with Crippen molar-refractivity contribution >= 4 is 17.6 Å². The highest BCUT2D eigenvalue weighted by atomic mass is 19.4. The van der Waals surface area contributed by atoms with Crippen molar-refractivity contribution in [1.82, 2.24) is 10.1 Å². The van der Waals surface area contributed by atoms with Crippen LogP contribution in [0.25, 0.3) is 0 Å². The molecular formula is C18H21F3N4O2. The molecule has 1 amide bonds. The molecular weight excluding hydrogens is 361 g/mol. The van der Waals surface area contributed by atoms with E-state index < -0.39 is 17.8 Å². The van der Waals surface area contributed by atoms with Crippen molar-refractivity contribution in [2.24, 2.45) is 0 Å². The zero-order chi connectivity index (χ0) is 19.8. The molecule has 0 bridgehead atoms. The monoisotopic (exact) mass is 382 g/mol. The first-order chi connectivity index (χ1) is 12.6. The number of pyridine rings is 1. The summed E-state index contributed by atoms with van der Waals surface area (Å²) in [6.45, 7) is 6.47. The molecule has 2 aromatic rings. The van der Waals surface area contributed by atoms with E-state index >= 15 is 0 Å². The van der Waals surface area contributed by atoms with Crippen molar-refractivity contribution < 1.29 is 22.5 Å². The van der Waals surface area contributed by atoms with Crippen LogP contribution in [-0.2, 0) is 16.4 Å². The summed E-state index contributed by atoms with van der Waals surface area (Å²) >= 11 is 0. The van der Waals surface area contributed by atoms with E-state index in [-0.39, 0.29) is 17.2 Å². The molecule has 0 radical (unpaired) electrons. The Hall–Kier alpha value is -2.58. The predicted molar refractivity (Wildman–Crippen MR) is 93.4 cm³/mol. The summed E-state index contributed by atoms with van der Waals surface area (Å²) in [7, 11) is 0. The van der Waals surface area contributed by atoms with Crippen LogP contribution in [0.3, 0.4) is 0 Å². The molecule has 6 nitrogen and oxygen atoms in total. The van der Waals surface area contributed by atoms with Crippen LogP contribution in [0.5, 0.6) is 0 Å². The maximum absolute atomic E-state index is 12.7. The van der Waals surface area contributed by atoms with Crippen molar-refractivity contribution in [2.45, 2.75) is 51.2 Å². The number of hydrogen-bond acceptors (Lipinski definition) is 5. The van der Waals surface area contributed by atoms with Crippen LogP contribution >= 0.6 is 0 Å². The Balaban J connectivity index is 1.72. The first-order valence-corrected chi connectivity index (χ1v) is 8.63. The molecule has 146 valence electrons. The first-order valence-electron chi connectivity index (χ1n) is 8.63. The van der Waals surface area contributed by atoms with E-state index in [0.717, 1.165) is 18.7 Å². The Morgan fingerprint density at radius 1 is 1.30 bits per heavy atom. The lowest BCUT2D eigenvalue weighted by molar-refractivity contribution is -0.137. The summed E-state index contributed by atoms with van der Waals surface area (Å²) in [5.74, 6) is 0.288. The van der Waals surface area contributed by atoms with Gasteiger partial charge in [0.25, 0.3) is 0 Å². The molecule has 1 aliphatic rings. The molecule has 0 saturated carbocycles. The average Bonchev–Trinajstić information content (AvgIpc) is 3.22. The molecule has 1 unspecified atom stereocenters. The second kappa shape index (κ2) is 6.86. The van der Waals surface area contributed by atoms with Gasteiger partial charge in [-0.1, -0.05) is 25.9 Å². The third-order valence-corrected chi connectivity index (χ3v) is 4.45. The quantitative estimate of drug-likeness (QED) is 0.869.